The molecular weight excluding hydrogens is 302 g/mol. The molecule has 0 aliphatic rings. The Morgan fingerprint density at radius 3 is 2.50 bits per heavy atom. The summed E-state index contributed by atoms with van der Waals surface area (Å²) in [5.41, 5.74) is 1.66. The predicted octanol–water partition coefficient (Wildman–Crippen LogP) is 0.650. The molecule has 0 spiro atoms. The maximum absolute atomic E-state index is 12.2. The minimum Gasteiger partial charge on any atom is -0.355 e. The van der Waals surface area contributed by atoms with Gasteiger partial charge in [0.1, 0.15) is 0 Å². The van der Waals surface area contributed by atoms with Crippen molar-refractivity contribution < 1.29 is 13.2 Å². The number of benzene rings is 1. The van der Waals surface area contributed by atoms with Gasteiger partial charge < -0.3 is 10.2 Å². The first-order valence-electron chi connectivity index (χ1n) is 7.21. The molecule has 0 aliphatic carbocycles. The minimum absolute atomic E-state index is 0.207. The third kappa shape index (κ3) is 6.13. The number of amides is 1. The Balaban J connectivity index is 2.50. The van der Waals surface area contributed by atoms with E-state index in [1.165, 1.54) is 0 Å². The van der Waals surface area contributed by atoms with Gasteiger partial charge in [-0.2, -0.15) is 0 Å². The first kappa shape index (κ1) is 18.6. The van der Waals surface area contributed by atoms with Crippen LogP contribution >= 0.6 is 0 Å². The van der Waals surface area contributed by atoms with Crippen molar-refractivity contribution in [3.8, 4) is 0 Å². The number of carbonyl (C=O) groups is 1. The van der Waals surface area contributed by atoms with Crippen molar-refractivity contribution in [2.24, 2.45) is 0 Å². The fourth-order valence-electron chi connectivity index (χ4n) is 2.02. The molecule has 0 saturated carbocycles. The van der Waals surface area contributed by atoms with Gasteiger partial charge in [0.15, 0.2) is 0 Å². The lowest BCUT2D eigenvalue weighted by Gasteiger charge is -2.11. The zero-order chi connectivity index (χ0) is 16.8. The number of carbonyl (C=O) groups excluding carboxylic acids is 1. The maximum Gasteiger partial charge on any atom is 0.241 e. The van der Waals surface area contributed by atoms with E-state index in [0.717, 1.165) is 18.5 Å². The first-order chi connectivity index (χ1) is 10.2. The van der Waals surface area contributed by atoms with Crippen LogP contribution in [0.25, 0.3) is 0 Å². The summed E-state index contributed by atoms with van der Waals surface area (Å²) in [5.74, 6) is -0.327. The van der Waals surface area contributed by atoms with Gasteiger partial charge in [0.2, 0.25) is 15.9 Å². The normalized spacial score (nSPS) is 11.7. The van der Waals surface area contributed by atoms with Crippen molar-refractivity contribution in [1.82, 2.24) is 14.9 Å². The number of rotatable bonds is 8. The molecule has 0 aromatic heterocycles. The van der Waals surface area contributed by atoms with Gasteiger partial charge in [-0.05, 0) is 52.5 Å². The monoisotopic (exact) mass is 327 g/mol. The number of sulfonamides is 1. The predicted molar refractivity (Wildman–Crippen MR) is 87.3 cm³/mol. The van der Waals surface area contributed by atoms with Crippen LogP contribution in [0.4, 0.5) is 0 Å². The highest BCUT2D eigenvalue weighted by atomic mass is 32.2. The van der Waals surface area contributed by atoms with E-state index < -0.39 is 10.0 Å². The standard InChI is InChI=1S/C15H25N3O3S/c1-12-6-7-14(13(2)10-12)22(20,21)17-11-15(19)16-8-5-9-18(3)4/h6-7,10,17H,5,8-9,11H2,1-4H3,(H,16,19). The van der Waals surface area contributed by atoms with Crippen LogP contribution in [0.1, 0.15) is 17.5 Å². The van der Waals surface area contributed by atoms with E-state index in [4.69, 9.17) is 0 Å². The fourth-order valence-corrected chi connectivity index (χ4v) is 3.23. The van der Waals surface area contributed by atoms with Crippen LogP contribution in [-0.4, -0.2) is 53.0 Å². The third-order valence-electron chi connectivity index (χ3n) is 3.15. The molecule has 1 aromatic carbocycles. The molecule has 7 heteroatoms. The molecule has 0 heterocycles. The molecule has 0 atom stereocenters. The number of hydrogen-bond acceptors (Lipinski definition) is 4. The van der Waals surface area contributed by atoms with Crippen molar-refractivity contribution in [3.63, 3.8) is 0 Å². The first-order valence-corrected chi connectivity index (χ1v) is 8.69. The molecule has 0 fully saturated rings. The van der Waals surface area contributed by atoms with Crippen LogP contribution in [0.2, 0.25) is 0 Å². The van der Waals surface area contributed by atoms with E-state index in [-0.39, 0.29) is 17.3 Å². The van der Waals surface area contributed by atoms with Crippen LogP contribution < -0.4 is 10.0 Å². The molecule has 6 nitrogen and oxygen atoms in total. The summed E-state index contributed by atoms with van der Waals surface area (Å²) < 4.78 is 26.7. The van der Waals surface area contributed by atoms with Crippen LogP contribution in [0, 0.1) is 13.8 Å². The van der Waals surface area contributed by atoms with Gasteiger partial charge in [0.25, 0.3) is 0 Å². The van der Waals surface area contributed by atoms with E-state index in [2.05, 4.69) is 10.0 Å². The van der Waals surface area contributed by atoms with Gasteiger partial charge in [-0.1, -0.05) is 17.7 Å². The average molecular weight is 327 g/mol. The summed E-state index contributed by atoms with van der Waals surface area (Å²) in [6.07, 6.45) is 0.822. The summed E-state index contributed by atoms with van der Waals surface area (Å²) in [5, 5.41) is 2.69. The average Bonchev–Trinajstić information content (AvgIpc) is 2.41. The number of nitrogens with zero attached hydrogens (tertiary/aromatic N) is 1. The van der Waals surface area contributed by atoms with Crippen molar-refractivity contribution in [3.05, 3.63) is 29.3 Å². The van der Waals surface area contributed by atoms with Crippen LogP contribution in [0.3, 0.4) is 0 Å². The Kier molecular flexibility index (Phi) is 6.99. The highest BCUT2D eigenvalue weighted by Gasteiger charge is 2.17. The molecule has 0 saturated heterocycles. The Bertz CT molecular complexity index is 612. The van der Waals surface area contributed by atoms with Crippen molar-refractivity contribution in [1.29, 1.82) is 0 Å². The van der Waals surface area contributed by atoms with E-state index in [1.807, 2.05) is 25.9 Å². The van der Waals surface area contributed by atoms with Gasteiger partial charge in [0.05, 0.1) is 11.4 Å². The topological polar surface area (TPSA) is 78.5 Å². The van der Waals surface area contributed by atoms with Crippen molar-refractivity contribution in [2.75, 3.05) is 33.7 Å². The number of nitrogens with one attached hydrogen (secondary N) is 2. The molecule has 0 radical (unpaired) electrons. The second-order valence-electron chi connectivity index (χ2n) is 5.60. The second-order valence-corrected chi connectivity index (χ2v) is 7.34. The van der Waals surface area contributed by atoms with Crippen LogP contribution in [-0.2, 0) is 14.8 Å². The Morgan fingerprint density at radius 2 is 1.91 bits per heavy atom. The van der Waals surface area contributed by atoms with Crippen molar-refractivity contribution in [2.45, 2.75) is 25.2 Å². The Labute approximate surface area is 132 Å². The Hall–Kier alpha value is -1.44. The summed E-state index contributed by atoms with van der Waals surface area (Å²) in [7, 11) is 0.251. The molecule has 1 rings (SSSR count). The zero-order valence-electron chi connectivity index (χ0n) is 13.6. The second kappa shape index (κ2) is 8.26. The van der Waals surface area contributed by atoms with Gasteiger partial charge in [0, 0.05) is 6.54 Å². The Morgan fingerprint density at radius 1 is 1.23 bits per heavy atom. The summed E-state index contributed by atoms with van der Waals surface area (Å²) in [6, 6.07) is 5.10. The van der Waals surface area contributed by atoms with Gasteiger partial charge in [-0.15, -0.1) is 0 Å². The lowest BCUT2D eigenvalue weighted by molar-refractivity contribution is -0.119. The molecule has 0 unspecified atom stereocenters. The smallest absolute Gasteiger partial charge is 0.241 e. The van der Waals surface area contributed by atoms with Crippen LogP contribution in [0.5, 0.6) is 0 Å². The molecule has 1 amide bonds. The van der Waals surface area contributed by atoms with E-state index in [0.29, 0.717) is 12.1 Å². The van der Waals surface area contributed by atoms with Crippen molar-refractivity contribution >= 4 is 15.9 Å². The highest BCUT2D eigenvalue weighted by Crippen LogP contribution is 2.15. The van der Waals surface area contributed by atoms with Crippen LogP contribution in [0.15, 0.2) is 23.1 Å². The SMILES string of the molecule is Cc1ccc(S(=O)(=O)NCC(=O)NCCCN(C)C)c(C)c1. The number of hydrogen-bond donors (Lipinski definition) is 2. The largest absolute Gasteiger partial charge is 0.355 e. The number of aryl methyl sites for hydroxylation is 2. The van der Waals surface area contributed by atoms with E-state index in [9.17, 15) is 13.2 Å². The van der Waals surface area contributed by atoms with E-state index in [1.54, 1.807) is 25.1 Å². The zero-order valence-corrected chi connectivity index (χ0v) is 14.5. The van der Waals surface area contributed by atoms with Gasteiger partial charge >= 0.3 is 0 Å². The molecule has 22 heavy (non-hydrogen) atoms. The lowest BCUT2D eigenvalue weighted by atomic mass is 10.2. The quantitative estimate of drug-likeness (QED) is 0.687. The lowest BCUT2D eigenvalue weighted by Crippen LogP contribution is -2.38. The molecule has 124 valence electrons. The fraction of sp³-hybridized carbons (Fsp3) is 0.533. The summed E-state index contributed by atoms with van der Waals surface area (Å²) in [4.78, 5) is 13.9. The molecule has 1 aromatic rings. The molecule has 2 N–H and O–H groups in total. The minimum atomic E-state index is -3.67. The summed E-state index contributed by atoms with van der Waals surface area (Å²) >= 11 is 0. The molecular formula is C15H25N3O3S. The van der Waals surface area contributed by atoms with Gasteiger partial charge in [-0.3, -0.25) is 4.79 Å². The third-order valence-corrected chi connectivity index (χ3v) is 4.71. The summed E-state index contributed by atoms with van der Waals surface area (Å²) in [6.45, 7) is 4.79. The molecule has 0 bridgehead atoms. The molecule has 0 aliphatic heterocycles. The highest BCUT2D eigenvalue weighted by molar-refractivity contribution is 7.89. The van der Waals surface area contributed by atoms with E-state index >= 15 is 0 Å². The maximum atomic E-state index is 12.2. The van der Waals surface area contributed by atoms with Gasteiger partial charge in [-0.25, -0.2) is 13.1 Å².